The van der Waals surface area contributed by atoms with Crippen molar-refractivity contribution in [3.05, 3.63) is 45.5 Å². The lowest BCUT2D eigenvalue weighted by Crippen LogP contribution is -2.17. The molecule has 15 heavy (non-hydrogen) atoms. The molecule has 0 heterocycles. The number of carbonyl (C=O) groups is 1. The molecule has 1 aromatic rings. The van der Waals surface area contributed by atoms with Gasteiger partial charge in [0, 0.05) is 12.6 Å². The zero-order valence-electron chi connectivity index (χ0n) is 8.10. The third kappa shape index (κ3) is 3.26. The topological polar surface area (TPSA) is 81.5 Å². The number of hydrogen-bond donors (Lipinski definition) is 1. The Morgan fingerprint density at radius 3 is 2.53 bits per heavy atom. The Hall–Kier alpha value is -2.11. The maximum Gasteiger partial charge on any atom is 0.294 e. The van der Waals surface area contributed by atoms with E-state index in [-0.39, 0.29) is 12.5 Å². The molecule has 0 unspecified atom stereocenters. The van der Waals surface area contributed by atoms with E-state index in [2.05, 4.69) is 10.2 Å². The zero-order valence-corrected chi connectivity index (χ0v) is 8.10. The van der Waals surface area contributed by atoms with E-state index < -0.39 is 5.09 Å². The largest absolute Gasteiger partial charge is 0.355 e. The predicted molar refractivity (Wildman–Crippen MR) is 51.6 cm³/mol. The number of rotatable bonds is 4. The lowest BCUT2D eigenvalue weighted by Gasteiger charge is -2.02. The second-order valence-corrected chi connectivity index (χ2v) is 2.77. The van der Waals surface area contributed by atoms with Crippen molar-refractivity contribution < 1.29 is 14.7 Å². The fourth-order valence-corrected chi connectivity index (χ4v) is 1.02. The smallest absolute Gasteiger partial charge is 0.294 e. The van der Waals surface area contributed by atoms with Crippen LogP contribution < -0.4 is 5.32 Å². The summed E-state index contributed by atoms with van der Waals surface area (Å²) >= 11 is 0. The molecule has 1 aromatic carbocycles. The molecule has 80 valence electrons. The molecule has 0 spiro atoms. The second-order valence-electron chi connectivity index (χ2n) is 2.77. The second kappa shape index (κ2) is 4.94. The van der Waals surface area contributed by atoms with Crippen LogP contribution in [0.15, 0.2) is 24.3 Å². The van der Waals surface area contributed by atoms with Crippen LogP contribution in [0.4, 0.5) is 0 Å². The Morgan fingerprint density at radius 2 is 2.07 bits per heavy atom. The van der Waals surface area contributed by atoms with Crippen molar-refractivity contribution in [1.82, 2.24) is 5.32 Å². The number of nitrogens with one attached hydrogen (secondary N) is 1. The third-order valence-corrected chi connectivity index (χ3v) is 1.78. The average Bonchev–Trinajstić information content (AvgIpc) is 2.26. The molecule has 0 bridgehead atoms. The Labute approximate surface area is 86.0 Å². The summed E-state index contributed by atoms with van der Waals surface area (Å²) in [7, 11) is 1.53. The first-order chi connectivity index (χ1) is 7.13. The maximum absolute atomic E-state index is 11.1. The van der Waals surface area contributed by atoms with Gasteiger partial charge in [0.05, 0.1) is 0 Å². The quantitative estimate of drug-likeness (QED) is 0.587. The molecule has 0 aromatic heterocycles. The van der Waals surface area contributed by atoms with Crippen LogP contribution in [0, 0.1) is 10.1 Å². The minimum atomic E-state index is -0.855. The minimum absolute atomic E-state index is 0.110. The zero-order chi connectivity index (χ0) is 11.3. The van der Waals surface area contributed by atoms with Crippen LogP contribution in [0.2, 0.25) is 0 Å². The van der Waals surface area contributed by atoms with Crippen LogP contribution in [0.3, 0.4) is 0 Å². The van der Waals surface area contributed by atoms with E-state index in [1.165, 1.54) is 7.05 Å². The lowest BCUT2D eigenvalue weighted by molar-refractivity contribution is -0.763. The van der Waals surface area contributed by atoms with Crippen LogP contribution in [-0.2, 0) is 11.4 Å². The standard InChI is InChI=1S/C9H10N2O4/c1-10-9(12)8-4-2-7(3-5-8)6-15-11(13)14/h2-5H,6H2,1H3,(H,10,12). The molecule has 1 amide bonds. The highest BCUT2D eigenvalue weighted by molar-refractivity contribution is 5.93. The van der Waals surface area contributed by atoms with Crippen molar-refractivity contribution in [2.75, 3.05) is 7.05 Å². The summed E-state index contributed by atoms with van der Waals surface area (Å²) in [5.41, 5.74) is 1.14. The molecule has 0 atom stereocenters. The van der Waals surface area contributed by atoms with Gasteiger partial charge in [-0.1, -0.05) is 12.1 Å². The molecule has 0 fully saturated rings. The number of carbonyl (C=O) groups excluding carboxylic acids is 1. The van der Waals surface area contributed by atoms with E-state index in [0.717, 1.165) is 0 Å². The van der Waals surface area contributed by atoms with Gasteiger partial charge in [-0.2, -0.15) is 0 Å². The molecule has 0 aliphatic heterocycles. The molecule has 0 aliphatic rings. The van der Waals surface area contributed by atoms with Crippen molar-refractivity contribution in [1.29, 1.82) is 0 Å². The molecule has 1 N–H and O–H groups in total. The van der Waals surface area contributed by atoms with Gasteiger partial charge in [0.2, 0.25) is 0 Å². The van der Waals surface area contributed by atoms with Gasteiger partial charge in [-0.3, -0.25) is 4.79 Å². The van der Waals surface area contributed by atoms with Crippen molar-refractivity contribution >= 4 is 5.91 Å². The maximum atomic E-state index is 11.1. The summed E-state index contributed by atoms with van der Waals surface area (Å²) < 4.78 is 0. The number of amides is 1. The summed E-state index contributed by atoms with van der Waals surface area (Å²) in [6.07, 6.45) is 0. The molecule has 0 radical (unpaired) electrons. The van der Waals surface area contributed by atoms with Crippen molar-refractivity contribution in [3.63, 3.8) is 0 Å². The van der Waals surface area contributed by atoms with Gasteiger partial charge in [-0.15, -0.1) is 10.1 Å². The summed E-state index contributed by atoms with van der Waals surface area (Å²) in [5, 5.41) is 11.5. The molecule has 6 heteroatoms. The monoisotopic (exact) mass is 210 g/mol. The Balaban J connectivity index is 2.64. The Bertz CT molecular complexity index is 361. The van der Waals surface area contributed by atoms with Gasteiger partial charge < -0.3 is 10.2 Å². The van der Waals surface area contributed by atoms with E-state index in [1.54, 1.807) is 24.3 Å². The fraction of sp³-hybridized carbons (Fsp3) is 0.222. The molecule has 0 aliphatic carbocycles. The van der Waals surface area contributed by atoms with E-state index in [9.17, 15) is 14.9 Å². The van der Waals surface area contributed by atoms with E-state index in [1.807, 2.05) is 0 Å². The number of nitrogens with zero attached hydrogens (tertiary/aromatic N) is 1. The van der Waals surface area contributed by atoms with Gasteiger partial charge in [-0.05, 0) is 17.7 Å². The summed E-state index contributed by atoms with van der Waals surface area (Å²) in [5.74, 6) is -0.197. The van der Waals surface area contributed by atoms with Crippen LogP contribution in [0.25, 0.3) is 0 Å². The number of benzene rings is 1. The highest BCUT2D eigenvalue weighted by atomic mass is 16.9. The summed E-state index contributed by atoms with van der Waals surface area (Å²) in [6.45, 7) is -0.110. The van der Waals surface area contributed by atoms with Gasteiger partial charge in [0.25, 0.3) is 11.0 Å². The average molecular weight is 210 g/mol. The Morgan fingerprint density at radius 1 is 1.47 bits per heavy atom. The molecular formula is C9H10N2O4. The SMILES string of the molecule is CNC(=O)c1ccc(CO[N+](=O)[O-])cc1. The Kier molecular flexibility index (Phi) is 3.61. The van der Waals surface area contributed by atoms with Crippen molar-refractivity contribution in [2.45, 2.75) is 6.61 Å². The fourth-order valence-electron chi connectivity index (χ4n) is 1.02. The molecular weight excluding hydrogens is 200 g/mol. The van der Waals surface area contributed by atoms with Crippen LogP contribution in [0.5, 0.6) is 0 Å². The summed E-state index contributed by atoms with van der Waals surface area (Å²) in [6, 6.07) is 6.37. The first-order valence-corrected chi connectivity index (χ1v) is 4.22. The van der Waals surface area contributed by atoms with Crippen LogP contribution >= 0.6 is 0 Å². The van der Waals surface area contributed by atoms with E-state index >= 15 is 0 Å². The first-order valence-electron chi connectivity index (χ1n) is 4.22. The molecule has 0 saturated carbocycles. The van der Waals surface area contributed by atoms with Gasteiger partial charge >= 0.3 is 0 Å². The first kappa shape index (κ1) is 11.0. The third-order valence-electron chi connectivity index (χ3n) is 1.78. The van der Waals surface area contributed by atoms with Crippen molar-refractivity contribution in [2.24, 2.45) is 0 Å². The van der Waals surface area contributed by atoms with Gasteiger partial charge in [0.1, 0.15) is 6.61 Å². The minimum Gasteiger partial charge on any atom is -0.355 e. The van der Waals surface area contributed by atoms with Crippen LogP contribution in [0.1, 0.15) is 15.9 Å². The van der Waals surface area contributed by atoms with Gasteiger partial charge in [0.15, 0.2) is 0 Å². The molecule has 0 saturated heterocycles. The molecule has 1 rings (SSSR count). The predicted octanol–water partition coefficient (Wildman–Crippen LogP) is 0.754. The highest BCUT2D eigenvalue weighted by Gasteiger charge is 2.03. The van der Waals surface area contributed by atoms with E-state index in [4.69, 9.17) is 0 Å². The van der Waals surface area contributed by atoms with Crippen LogP contribution in [-0.4, -0.2) is 18.0 Å². The lowest BCUT2D eigenvalue weighted by atomic mass is 10.1. The van der Waals surface area contributed by atoms with Crippen molar-refractivity contribution in [3.8, 4) is 0 Å². The van der Waals surface area contributed by atoms with E-state index in [0.29, 0.717) is 11.1 Å². The normalized spacial score (nSPS) is 9.40. The highest BCUT2D eigenvalue weighted by Crippen LogP contribution is 2.05. The summed E-state index contributed by atoms with van der Waals surface area (Å²) in [4.78, 5) is 25.2. The molecule has 6 nitrogen and oxygen atoms in total. The van der Waals surface area contributed by atoms with Gasteiger partial charge in [-0.25, -0.2) is 0 Å². The number of hydrogen-bond acceptors (Lipinski definition) is 4.